The molecule has 0 spiro atoms. The zero-order valence-electron chi connectivity index (χ0n) is 10.7. The lowest BCUT2D eigenvalue weighted by molar-refractivity contribution is 0.0683. The van der Waals surface area contributed by atoms with Crippen molar-refractivity contribution in [3.63, 3.8) is 0 Å². The molecule has 2 N–H and O–H groups in total. The highest BCUT2D eigenvalue weighted by Gasteiger charge is 2.30. The van der Waals surface area contributed by atoms with Crippen molar-refractivity contribution in [1.82, 2.24) is 0 Å². The van der Waals surface area contributed by atoms with Gasteiger partial charge in [0.1, 0.15) is 11.3 Å². The van der Waals surface area contributed by atoms with Gasteiger partial charge in [0.15, 0.2) is 23.3 Å². The largest absolute Gasteiger partial charge is 0.477 e. The minimum absolute atomic E-state index is 0.00979. The van der Waals surface area contributed by atoms with Gasteiger partial charge in [-0.05, 0) is 12.1 Å². The van der Waals surface area contributed by atoms with Crippen molar-refractivity contribution in [2.75, 3.05) is 5.32 Å². The summed E-state index contributed by atoms with van der Waals surface area (Å²) in [6.07, 6.45) is 0. The van der Waals surface area contributed by atoms with Crippen LogP contribution in [0.3, 0.4) is 0 Å². The fraction of sp³-hybridized carbons (Fsp3) is 0. The molecule has 114 valence electrons. The van der Waals surface area contributed by atoms with E-state index >= 15 is 0 Å². The molecule has 0 aliphatic carbocycles. The van der Waals surface area contributed by atoms with Crippen molar-refractivity contribution in [1.29, 1.82) is 0 Å². The van der Waals surface area contributed by atoms with Gasteiger partial charge in [0.25, 0.3) is 5.91 Å². The lowest BCUT2D eigenvalue weighted by atomic mass is 10.1. The summed E-state index contributed by atoms with van der Waals surface area (Å²) in [5.41, 5.74) is -3.18. The van der Waals surface area contributed by atoms with Crippen LogP contribution < -0.4 is 5.32 Å². The van der Waals surface area contributed by atoms with Crippen LogP contribution in [0.1, 0.15) is 20.7 Å². The quantitative estimate of drug-likeness (QED) is 0.675. The van der Waals surface area contributed by atoms with Gasteiger partial charge in [-0.3, -0.25) is 4.79 Å². The van der Waals surface area contributed by atoms with E-state index in [1.165, 1.54) is 24.3 Å². The van der Waals surface area contributed by atoms with Crippen LogP contribution in [-0.2, 0) is 0 Å². The Labute approximate surface area is 121 Å². The fourth-order valence-corrected chi connectivity index (χ4v) is 1.70. The van der Waals surface area contributed by atoms with E-state index < -0.39 is 46.4 Å². The molecule has 0 fully saturated rings. The first-order chi connectivity index (χ1) is 10.3. The van der Waals surface area contributed by atoms with E-state index in [4.69, 9.17) is 5.11 Å². The molecule has 0 unspecified atom stereocenters. The number of nitrogens with one attached hydrogen (secondary N) is 1. The van der Waals surface area contributed by atoms with Crippen LogP contribution >= 0.6 is 0 Å². The first kappa shape index (κ1) is 15.5. The summed E-state index contributed by atoms with van der Waals surface area (Å²) in [5.74, 6) is -11.4. The third kappa shape index (κ3) is 2.62. The summed E-state index contributed by atoms with van der Waals surface area (Å²) in [7, 11) is 0. The van der Waals surface area contributed by atoms with Gasteiger partial charge in [-0.1, -0.05) is 18.2 Å². The van der Waals surface area contributed by atoms with Gasteiger partial charge in [-0.2, -0.15) is 0 Å². The van der Waals surface area contributed by atoms with Crippen LogP contribution in [-0.4, -0.2) is 17.0 Å². The Morgan fingerprint density at radius 3 is 1.82 bits per heavy atom. The average Bonchev–Trinajstić information content (AvgIpc) is 2.50. The van der Waals surface area contributed by atoms with Crippen molar-refractivity contribution in [3.8, 4) is 0 Å². The number of hydrogen-bond donors (Lipinski definition) is 2. The molecule has 0 saturated carbocycles. The van der Waals surface area contributed by atoms with Crippen molar-refractivity contribution in [2.45, 2.75) is 0 Å². The van der Waals surface area contributed by atoms with Gasteiger partial charge < -0.3 is 10.4 Å². The van der Waals surface area contributed by atoms with Gasteiger partial charge >= 0.3 is 5.97 Å². The second kappa shape index (κ2) is 5.84. The van der Waals surface area contributed by atoms with E-state index in [2.05, 4.69) is 0 Å². The highest BCUT2D eigenvalue weighted by molar-refractivity contribution is 6.04. The summed E-state index contributed by atoms with van der Waals surface area (Å²) in [4.78, 5) is 22.4. The van der Waals surface area contributed by atoms with Gasteiger partial charge in [0.05, 0.1) is 0 Å². The number of carboxylic acids is 1. The molecule has 0 aliphatic heterocycles. The summed E-state index contributed by atoms with van der Waals surface area (Å²) in [6.45, 7) is 0. The number of amides is 1. The zero-order chi connectivity index (χ0) is 16.4. The Balaban J connectivity index is 2.49. The molecule has 8 heteroatoms. The number of carbonyl (C=O) groups is 2. The van der Waals surface area contributed by atoms with E-state index in [0.29, 0.717) is 0 Å². The maximum atomic E-state index is 13.7. The van der Waals surface area contributed by atoms with E-state index in [9.17, 15) is 27.2 Å². The maximum Gasteiger partial charge on any atom is 0.341 e. The molecule has 0 aromatic heterocycles. The van der Waals surface area contributed by atoms with E-state index in [1.807, 2.05) is 0 Å². The molecule has 22 heavy (non-hydrogen) atoms. The molecule has 2 rings (SSSR count). The number of carbonyl (C=O) groups excluding carboxylic acids is 1. The van der Waals surface area contributed by atoms with Gasteiger partial charge in [0.2, 0.25) is 0 Å². The lowest BCUT2D eigenvalue weighted by Gasteiger charge is -2.11. The Kier molecular flexibility index (Phi) is 4.11. The van der Waals surface area contributed by atoms with E-state index in [0.717, 1.165) is 0 Å². The molecular formula is C14H7F4NO3. The van der Waals surface area contributed by atoms with E-state index in [1.54, 1.807) is 11.4 Å². The predicted molar refractivity (Wildman–Crippen MR) is 67.6 cm³/mol. The number of halogens is 4. The van der Waals surface area contributed by atoms with Crippen LogP contribution in [0.25, 0.3) is 0 Å². The number of benzene rings is 2. The number of aromatic carboxylic acids is 1. The minimum Gasteiger partial charge on any atom is -0.477 e. The second-order valence-corrected chi connectivity index (χ2v) is 4.13. The molecule has 0 atom stereocenters. The average molecular weight is 313 g/mol. The maximum absolute atomic E-state index is 13.7. The monoisotopic (exact) mass is 313 g/mol. The SMILES string of the molecule is O=C(Nc1c(F)c(F)c(C(=O)O)c(F)c1F)c1ccccc1. The molecule has 0 saturated heterocycles. The molecule has 0 aliphatic rings. The van der Waals surface area contributed by atoms with Gasteiger partial charge in [0, 0.05) is 5.56 Å². The Morgan fingerprint density at radius 2 is 1.36 bits per heavy atom. The Bertz CT molecular complexity index is 733. The predicted octanol–water partition coefficient (Wildman–Crippen LogP) is 3.19. The van der Waals surface area contributed by atoms with Crippen LogP contribution in [0.4, 0.5) is 23.2 Å². The van der Waals surface area contributed by atoms with Gasteiger partial charge in [-0.25, -0.2) is 22.4 Å². The fourth-order valence-electron chi connectivity index (χ4n) is 1.70. The smallest absolute Gasteiger partial charge is 0.341 e. The van der Waals surface area contributed by atoms with Crippen LogP contribution in [0.2, 0.25) is 0 Å². The van der Waals surface area contributed by atoms with Crippen molar-refractivity contribution < 1.29 is 32.3 Å². The highest BCUT2D eigenvalue weighted by atomic mass is 19.2. The summed E-state index contributed by atoms with van der Waals surface area (Å²) in [5, 5.41) is 10.2. The van der Waals surface area contributed by atoms with Crippen LogP contribution in [0, 0.1) is 23.3 Å². The number of anilines is 1. The number of hydrogen-bond acceptors (Lipinski definition) is 2. The van der Waals surface area contributed by atoms with Crippen molar-refractivity contribution in [3.05, 3.63) is 64.7 Å². The van der Waals surface area contributed by atoms with Crippen molar-refractivity contribution >= 4 is 17.6 Å². The van der Waals surface area contributed by atoms with Gasteiger partial charge in [-0.15, -0.1) is 0 Å². The standard InChI is InChI=1S/C14H7F4NO3/c15-8-7(14(21)22)9(16)11(18)12(10(8)17)19-13(20)6-4-2-1-3-5-6/h1-5H,(H,19,20)(H,21,22). The molecule has 4 nitrogen and oxygen atoms in total. The number of carboxylic acid groups (broad SMARTS) is 1. The third-order valence-corrected chi connectivity index (χ3v) is 2.75. The highest BCUT2D eigenvalue weighted by Crippen LogP contribution is 2.28. The van der Waals surface area contributed by atoms with Crippen LogP contribution in [0.15, 0.2) is 30.3 Å². The summed E-state index contributed by atoms with van der Waals surface area (Å²) in [6, 6.07) is 7.14. The minimum atomic E-state index is -2.17. The first-order valence-corrected chi connectivity index (χ1v) is 5.80. The van der Waals surface area contributed by atoms with Crippen molar-refractivity contribution in [2.24, 2.45) is 0 Å². The molecule has 0 bridgehead atoms. The molecule has 1 amide bonds. The first-order valence-electron chi connectivity index (χ1n) is 5.80. The Hall–Kier alpha value is -2.90. The molecule has 2 aromatic rings. The van der Waals surface area contributed by atoms with E-state index in [-0.39, 0.29) is 5.56 Å². The second-order valence-electron chi connectivity index (χ2n) is 4.13. The Morgan fingerprint density at radius 1 is 0.864 bits per heavy atom. The summed E-state index contributed by atoms with van der Waals surface area (Å²) >= 11 is 0. The lowest BCUT2D eigenvalue weighted by Crippen LogP contribution is -2.18. The molecular weight excluding hydrogens is 306 g/mol. The normalized spacial score (nSPS) is 10.4. The third-order valence-electron chi connectivity index (χ3n) is 2.75. The summed E-state index contributed by atoms with van der Waals surface area (Å²) < 4.78 is 54.3. The van der Waals surface area contributed by atoms with Crippen LogP contribution in [0.5, 0.6) is 0 Å². The number of rotatable bonds is 3. The molecule has 2 aromatic carbocycles. The topological polar surface area (TPSA) is 66.4 Å². The zero-order valence-corrected chi connectivity index (χ0v) is 10.7. The molecule has 0 heterocycles. The molecule has 0 radical (unpaired) electrons.